The molecule has 6 heteroatoms. The molecule has 0 unspecified atom stereocenters. The highest BCUT2D eigenvalue weighted by atomic mass is 19.1. The van der Waals surface area contributed by atoms with Crippen molar-refractivity contribution < 1.29 is 9.18 Å². The van der Waals surface area contributed by atoms with Crippen LogP contribution in [-0.4, -0.2) is 31.9 Å². The van der Waals surface area contributed by atoms with Crippen LogP contribution in [0.25, 0.3) is 11.2 Å². The average Bonchev–Trinajstić information content (AvgIpc) is 3.06. The van der Waals surface area contributed by atoms with E-state index < -0.39 is 5.82 Å². The lowest BCUT2D eigenvalue weighted by molar-refractivity contribution is 0.0732. The molecule has 0 atom stereocenters. The van der Waals surface area contributed by atoms with Crippen LogP contribution in [0.1, 0.15) is 61.3 Å². The quantitative estimate of drug-likeness (QED) is 0.472. The molecular formula is C23H29FN4O. The first kappa shape index (κ1) is 21.0. The number of pyridine rings is 1. The number of fused-ring (bicyclic) bond motifs is 1. The molecule has 0 radical (unpaired) electrons. The van der Waals surface area contributed by atoms with Crippen molar-refractivity contribution in [3.8, 4) is 0 Å². The normalized spacial score (nSPS) is 11.2. The highest BCUT2D eigenvalue weighted by Crippen LogP contribution is 2.19. The Kier molecular flexibility index (Phi) is 6.96. The van der Waals surface area contributed by atoms with Gasteiger partial charge in [-0.2, -0.15) is 0 Å². The van der Waals surface area contributed by atoms with Gasteiger partial charge < -0.3 is 9.47 Å². The number of imidazole rings is 1. The van der Waals surface area contributed by atoms with Crippen molar-refractivity contribution in [3.05, 3.63) is 59.3 Å². The van der Waals surface area contributed by atoms with E-state index in [1.54, 1.807) is 17.2 Å². The van der Waals surface area contributed by atoms with E-state index in [1.165, 1.54) is 12.1 Å². The summed E-state index contributed by atoms with van der Waals surface area (Å²) >= 11 is 0. The van der Waals surface area contributed by atoms with Crippen LogP contribution < -0.4 is 0 Å². The van der Waals surface area contributed by atoms with Gasteiger partial charge in [-0.25, -0.2) is 14.4 Å². The number of amides is 1. The van der Waals surface area contributed by atoms with Crippen molar-refractivity contribution in [2.75, 3.05) is 6.54 Å². The largest absolute Gasteiger partial charge is 0.331 e. The number of halogens is 1. The first-order valence-electron chi connectivity index (χ1n) is 10.4. The fourth-order valence-electron chi connectivity index (χ4n) is 3.56. The molecule has 0 saturated heterocycles. The maximum Gasteiger partial charge on any atom is 0.254 e. The maximum atomic E-state index is 13.8. The molecule has 0 fully saturated rings. The van der Waals surface area contributed by atoms with Gasteiger partial charge in [0.15, 0.2) is 5.65 Å². The summed E-state index contributed by atoms with van der Waals surface area (Å²) in [5, 5.41) is 0. The van der Waals surface area contributed by atoms with Crippen LogP contribution in [0.2, 0.25) is 0 Å². The number of nitrogens with zero attached hydrogens (tertiary/aromatic N) is 4. The zero-order chi connectivity index (χ0) is 20.8. The smallest absolute Gasteiger partial charge is 0.254 e. The number of benzene rings is 1. The van der Waals surface area contributed by atoms with Crippen molar-refractivity contribution in [1.82, 2.24) is 19.4 Å². The number of carbonyl (C=O) groups is 1. The molecule has 0 aliphatic rings. The van der Waals surface area contributed by atoms with E-state index in [0.717, 1.165) is 54.8 Å². The van der Waals surface area contributed by atoms with Crippen molar-refractivity contribution in [2.45, 2.75) is 59.5 Å². The minimum Gasteiger partial charge on any atom is -0.331 e. The second-order valence-electron chi connectivity index (χ2n) is 7.42. The molecule has 0 spiro atoms. The third-order valence-electron chi connectivity index (χ3n) is 5.11. The van der Waals surface area contributed by atoms with Crippen molar-refractivity contribution in [1.29, 1.82) is 0 Å². The molecule has 0 N–H and O–H groups in total. The fourth-order valence-corrected chi connectivity index (χ4v) is 3.56. The van der Waals surface area contributed by atoms with Gasteiger partial charge >= 0.3 is 0 Å². The molecule has 1 amide bonds. The highest BCUT2D eigenvalue weighted by molar-refractivity contribution is 5.95. The van der Waals surface area contributed by atoms with Gasteiger partial charge in [0.25, 0.3) is 5.91 Å². The van der Waals surface area contributed by atoms with Crippen LogP contribution in [0.15, 0.2) is 36.5 Å². The summed E-state index contributed by atoms with van der Waals surface area (Å²) in [4.78, 5) is 24.3. The SMILES string of the molecule is CCCCCN(Cc1nc2cccnc2n1CCC)C(=O)c1cc(F)ccc1C. The van der Waals surface area contributed by atoms with Crippen LogP contribution >= 0.6 is 0 Å². The minimum atomic E-state index is -0.394. The summed E-state index contributed by atoms with van der Waals surface area (Å²) in [6.07, 6.45) is 5.73. The van der Waals surface area contributed by atoms with E-state index >= 15 is 0 Å². The van der Waals surface area contributed by atoms with E-state index in [9.17, 15) is 9.18 Å². The van der Waals surface area contributed by atoms with Gasteiger partial charge in [0.05, 0.1) is 6.54 Å². The monoisotopic (exact) mass is 396 g/mol. The van der Waals surface area contributed by atoms with Gasteiger partial charge in [-0.1, -0.05) is 32.8 Å². The van der Waals surface area contributed by atoms with Gasteiger partial charge in [0.2, 0.25) is 0 Å². The van der Waals surface area contributed by atoms with Gasteiger partial charge in [-0.15, -0.1) is 0 Å². The molecule has 0 saturated carbocycles. The topological polar surface area (TPSA) is 51.0 Å². The number of aryl methyl sites for hydroxylation is 2. The third kappa shape index (κ3) is 4.81. The number of aromatic nitrogens is 3. The Morgan fingerprint density at radius 2 is 2.00 bits per heavy atom. The highest BCUT2D eigenvalue weighted by Gasteiger charge is 2.21. The van der Waals surface area contributed by atoms with Crippen LogP contribution in [-0.2, 0) is 13.1 Å². The Hall–Kier alpha value is -2.76. The van der Waals surface area contributed by atoms with Crippen LogP contribution in [0.3, 0.4) is 0 Å². The lowest BCUT2D eigenvalue weighted by atomic mass is 10.1. The first-order valence-corrected chi connectivity index (χ1v) is 10.4. The Labute approximate surface area is 171 Å². The van der Waals surface area contributed by atoms with Gasteiger partial charge in [-0.3, -0.25) is 4.79 Å². The molecule has 0 aliphatic heterocycles. The second-order valence-corrected chi connectivity index (χ2v) is 7.42. The number of hydrogen-bond acceptors (Lipinski definition) is 3. The molecule has 2 heterocycles. The average molecular weight is 397 g/mol. The molecule has 29 heavy (non-hydrogen) atoms. The summed E-state index contributed by atoms with van der Waals surface area (Å²) < 4.78 is 15.9. The van der Waals surface area contributed by atoms with Crippen molar-refractivity contribution in [3.63, 3.8) is 0 Å². The molecule has 2 aromatic heterocycles. The molecule has 5 nitrogen and oxygen atoms in total. The lowest BCUT2D eigenvalue weighted by Crippen LogP contribution is -2.33. The van der Waals surface area contributed by atoms with Crippen LogP contribution in [0.5, 0.6) is 0 Å². The molecule has 3 rings (SSSR count). The number of hydrogen-bond donors (Lipinski definition) is 0. The minimum absolute atomic E-state index is 0.152. The van der Waals surface area contributed by atoms with Gasteiger partial charge in [-0.05, 0) is 49.6 Å². The zero-order valence-electron chi connectivity index (χ0n) is 17.5. The van der Waals surface area contributed by atoms with E-state index in [1.807, 2.05) is 19.1 Å². The van der Waals surface area contributed by atoms with Crippen LogP contribution in [0, 0.1) is 12.7 Å². The summed E-state index contributed by atoms with van der Waals surface area (Å²) in [5.41, 5.74) is 2.87. The Morgan fingerprint density at radius 1 is 1.17 bits per heavy atom. The summed E-state index contributed by atoms with van der Waals surface area (Å²) in [5.74, 6) is 0.274. The summed E-state index contributed by atoms with van der Waals surface area (Å²) in [7, 11) is 0. The zero-order valence-corrected chi connectivity index (χ0v) is 17.5. The van der Waals surface area contributed by atoms with E-state index in [-0.39, 0.29) is 5.91 Å². The van der Waals surface area contributed by atoms with E-state index in [0.29, 0.717) is 18.7 Å². The second kappa shape index (κ2) is 9.63. The third-order valence-corrected chi connectivity index (χ3v) is 5.11. The number of rotatable bonds is 9. The van der Waals surface area contributed by atoms with Crippen molar-refractivity contribution >= 4 is 17.1 Å². The van der Waals surface area contributed by atoms with E-state index in [4.69, 9.17) is 4.98 Å². The molecular weight excluding hydrogens is 367 g/mol. The standard InChI is InChI=1S/C23H29FN4O/c1-4-6-7-14-27(23(29)19-15-18(24)11-10-17(19)3)16-21-26-20-9-8-12-25-22(20)28(21)13-5-2/h8-12,15H,4-7,13-14,16H2,1-3H3. The van der Waals surface area contributed by atoms with Gasteiger partial charge in [0.1, 0.15) is 17.2 Å². The first-order chi connectivity index (χ1) is 14.0. The molecule has 1 aromatic carbocycles. The van der Waals surface area contributed by atoms with Crippen molar-refractivity contribution in [2.24, 2.45) is 0 Å². The van der Waals surface area contributed by atoms with Gasteiger partial charge in [0, 0.05) is 24.8 Å². The van der Waals surface area contributed by atoms with E-state index in [2.05, 4.69) is 23.4 Å². The van der Waals surface area contributed by atoms with Crippen LogP contribution in [0.4, 0.5) is 4.39 Å². The Bertz CT molecular complexity index is 982. The Balaban J connectivity index is 1.95. The number of unbranched alkanes of at least 4 members (excludes halogenated alkanes) is 2. The lowest BCUT2D eigenvalue weighted by Gasteiger charge is -2.24. The number of carbonyl (C=O) groups excluding carboxylic acids is 1. The summed E-state index contributed by atoms with van der Waals surface area (Å²) in [6.45, 7) is 7.88. The Morgan fingerprint density at radius 3 is 2.76 bits per heavy atom. The fraction of sp³-hybridized carbons (Fsp3) is 0.435. The predicted octanol–water partition coefficient (Wildman–Crippen LogP) is 5.12. The molecule has 0 aliphatic carbocycles. The molecule has 154 valence electrons. The molecule has 3 aromatic rings. The predicted molar refractivity (Wildman–Crippen MR) is 113 cm³/mol. The molecule has 0 bridgehead atoms. The maximum absolute atomic E-state index is 13.8. The summed E-state index contributed by atoms with van der Waals surface area (Å²) in [6, 6.07) is 8.19.